The maximum atomic E-state index is 13.3. The molecule has 2 saturated heterocycles. The number of alkyl halides is 4. The van der Waals surface area contributed by atoms with Crippen LogP contribution in [0.1, 0.15) is 39.0 Å². The van der Waals surface area contributed by atoms with E-state index >= 15 is 0 Å². The minimum atomic E-state index is -4.21. The van der Waals surface area contributed by atoms with Crippen molar-refractivity contribution in [1.29, 1.82) is 0 Å². The molecule has 0 aromatic heterocycles. The number of amides is 2. The van der Waals surface area contributed by atoms with Crippen LogP contribution in [0.5, 0.6) is 5.75 Å². The van der Waals surface area contributed by atoms with Crippen molar-refractivity contribution in [3.8, 4) is 5.75 Å². The van der Waals surface area contributed by atoms with E-state index in [4.69, 9.17) is 4.74 Å². The second-order valence-electron chi connectivity index (χ2n) is 10.1. The number of piperazine rings is 1. The van der Waals surface area contributed by atoms with Gasteiger partial charge in [0.05, 0.1) is 12.1 Å². The molecule has 1 aromatic carbocycles. The van der Waals surface area contributed by atoms with Gasteiger partial charge in [-0.25, -0.2) is 8.78 Å². The molecule has 7 nitrogen and oxygen atoms in total. The Bertz CT molecular complexity index is 944. The average Bonchev–Trinajstić information content (AvgIpc) is 3.04. The molecule has 0 spiro atoms. The summed E-state index contributed by atoms with van der Waals surface area (Å²) in [6.45, 7) is 4.15. The number of nitrogens with one attached hydrogen (secondary N) is 1. The van der Waals surface area contributed by atoms with E-state index in [-0.39, 0.29) is 36.4 Å². The van der Waals surface area contributed by atoms with Crippen molar-refractivity contribution in [3.63, 3.8) is 0 Å². The smallest absolute Gasteiger partial charge is 0.340 e. The van der Waals surface area contributed by atoms with Gasteiger partial charge >= 0.3 is 12.3 Å². The molecule has 0 bridgehead atoms. The summed E-state index contributed by atoms with van der Waals surface area (Å²) < 4.78 is 56.6. The molecule has 2 aliphatic heterocycles. The fourth-order valence-electron chi connectivity index (χ4n) is 4.97. The molecule has 1 aliphatic carbocycles. The van der Waals surface area contributed by atoms with Crippen LogP contribution in [-0.2, 0) is 9.59 Å². The Hall–Kier alpha value is -2.11. The van der Waals surface area contributed by atoms with Gasteiger partial charge in [0.25, 0.3) is 0 Å². The molecule has 1 atom stereocenters. The van der Waals surface area contributed by atoms with Crippen LogP contribution >= 0.6 is 12.4 Å². The third-order valence-corrected chi connectivity index (χ3v) is 7.32. The summed E-state index contributed by atoms with van der Waals surface area (Å²) in [4.78, 5) is 31.0. The van der Waals surface area contributed by atoms with E-state index in [1.807, 2.05) is 11.8 Å². The Morgan fingerprint density at radius 2 is 1.78 bits per heavy atom. The van der Waals surface area contributed by atoms with E-state index in [2.05, 4.69) is 10.2 Å². The second-order valence-corrected chi connectivity index (χ2v) is 10.1. The molecule has 1 N–H and O–H groups in total. The van der Waals surface area contributed by atoms with E-state index in [1.165, 1.54) is 11.0 Å². The molecule has 1 saturated carbocycles. The number of likely N-dealkylation sites (tertiary alicyclic amines) is 1. The van der Waals surface area contributed by atoms with Crippen LogP contribution in [0.15, 0.2) is 24.3 Å². The van der Waals surface area contributed by atoms with Crippen LogP contribution in [0.4, 0.5) is 23.2 Å². The van der Waals surface area contributed by atoms with E-state index < -0.39 is 24.5 Å². The Kier molecular flexibility index (Phi) is 9.68. The molecule has 1 aromatic rings. The summed E-state index contributed by atoms with van der Waals surface area (Å²) in [7, 11) is 0. The number of benzene rings is 1. The minimum absolute atomic E-state index is 0. The van der Waals surface area contributed by atoms with E-state index in [1.54, 1.807) is 18.2 Å². The number of anilines is 1. The molecule has 2 heterocycles. The van der Waals surface area contributed by atoms with E-state index in [9.17, 15) is 27.2 Å². The van der Waals surface area contributed by atoms with Crippen LogP contribution in [0.3, 0.4) is 0 Å². The van der Waals surface area contributed by atoms with Crippen molar-refractivity contribution in [2.75, 3.05) is 50.8 Å². The van der Waals surface area contributed by atoms with Crippen molar-refractivity contribution in [2.24, 2.45) is 0 Å². The Balaban J connectivity index is 0.00000380. The van der Waals surface area contributed by atoms with Gasteiger partial charge in [0.2, 0.25) is 11.8 Å². The SMILES string of the molecule is CC1(NC2CCC2)CC(=O)N(CCCN2CCN(c3ccccc3OCC(F)(F)C(F)F)CC2)C1=O.Cl. The van der Waals surface area contributed by atoms with Gasteiger partial charge in [-0.15, -0.1) is 12.4 Å². The Morgan fingerprint density at radius 3 is 2.41 bits per heavy atom. The molecular formula is C25H35ClF4N4O3. The second kappa shape index (κ2) is 12.2. The normalized spacial score (nSPS) is 23.4. The number of carbonyl (C=O) groups is 2. The first-order chi connectivity index (χ1) is 17.1. The summed E-state index contributed by atoms with van der Waals surface area (Å²) in [5, 5.41) is 3.37. The fraction of sp³-hybridized carbons (Fsp3) is 0.680. The zero-order valence-corrected chi connectivity index (χ0v) is 21.8. The highest BCUT2D eigenvalue weighted by Crippen LogP contribution is 2.32. The third-order valence-electron chi connectivity index (χ3n) is 7.32. The summed E-state index contributed by atoms with van der Waals surface area (Å²) >= 11 is 0. The molecule has 37 heavy (non-hydrogen) atoms. The molecule has 3 aliphatic rings. The van der Waals surface area contributed by atoms with E-state index in [0.717, 1.165) is 25.8 Å². The molecule has 12 heteroatoms. The Morgan fingerprint density at radius 1 is 1.11 bits per heavy atom. The third kappa shape index (κ3) is 6.86. The van der Waals surface area contributed by atoms with Crippen molar-refractivity contribution in [1.82, 2.24) is 15.1 Å². The molecule has 3 fully saturated rings. The van der Waals surface area contributed by atoms with Crippen LogP contribution in [0, 0.1) is 0 Å². The van der Waals surface area contributed by atoms with Crippen molar-refractivity contribution in [2.45, 2.75) is 63.0 Å². The fourth-order valence-corrected chi connectivity index (χ4v) is 4.97. The highest BCUT2D eigenvalue weighted by atomic mass is 35.5. The monoisotopic (exact) mass is 550 g/mol. The zero-order chi connectivity index (χ0) is 25.9. The quantitative estimate of drug-likeness (QED) is 0.336. The number of carbonyl (C=O) groups excluding carboxylic acids is 2. The van der Waals surface area contributed by atoms with Gasteiger partial charge in [-0.2, -0.15) is 8.78 Å². The number of para-hydroxylation sites is 2. The number of halogens is 5. The Labute approximate surface area is 220 Å². The lowest BCUT2D eigenvalue weighted by atomic mass is 9.89. The lowest BCUT2D eigenvalue weighted by Crippen LogP contribution is -2.55. The maximum absolute atomic E-state index is 13.3. The number of rotatable bonds is 11. The van der Waals surface area contributed by atoms with Crippen LogP contribution < -0.4 is 15.0 Å². The topological polar surface area (TPSA) is 65.1 Å². The highest BCUT2D eigenvalue weighted by Gasteiger charge is 2.49. The van der Waals surface area contributed by atoms with Crippen LogP contribution in [0.2, 0.25) is 0 Å². The van der Waals surface area contributed by atoms with Gasteiger partial charge in [-0.1, -0.05) is 18.6 Å². The number of nitrogens with zero attached hydrogens (tertiary/aromatic N) is 3. The number of imide groups is 1. The standard InChI is InChI=1S/C25H34F4N4O3.ClH/c1-24(30-18-6-4-7-18)16-21(34)33(23(24)35)11-5-10-31-12-14-32(15-13-31)19-8-2-3-9-20(19)36-17-25(28,29)22(26)27;/h2-3,8-9,18,22,30H,4-7,10-17H2,1H3;1H. The average molecular weight is 551 g/mol. The molecule has 208 valence electrons. The first kappa shape index (κ1) is 29.4. The molecule has 4 rings (SSSR count). The molecule has 2 amide bonds. The predicted octanol–water partition coefficient (Wildman–Crippen LogP) is 3.56. The van der Waals surface area contributed by atoms with Gasteiger partial charge in [0.1, 0.15) is 11.3 Å². The predicted molar refractivity (Wildman–Crippen MR) is 134 cm³/mol. The van der Waals surface area contributed by atoms with Gasteiger partial charge in [0, 0.05) is 38.8 Å². The molecule has 0 radical (unpaired) electrons. The van der Waals surface area contributed by atoms with Gasteiger partial charge in [-0.05, 0) is 44.9 Å². The summed E-state index contributed by atoms with van der Waals surface area (Å²) in [5.41, 5.74) is -0.212. The maximum Gasteiger partial charge on any atom is 0.340 e. The summed E-state index contributed by atoms with van der Waals surface area (Å²) in [5.74, 6) is -4.34. The lowest BCUT2D eigenvalue weighted by Gasteiger charge is -2.37. The highest BCUT2D eigenvalue weighted by molar-refractivity contribution is 6.08. The molecular weight excluding hydrogens is 516 g/mol. The van der Waals surface area contributed by atoms with Gasteiger partial charge < -0.3 is 15.0 Å². The first-order valence-corrected chi connectivity index (χ1v) is 12.6. The van der Waals surface area contributed by atoms with Crippen molar-refractivity contribution >= 4 is 29.9 Å². The summed E-state index contributed by atoms with van der Waals surface area (Å²) in [6.07, 6.45) is 0.321. The van der Waals surface area contributed by atoms with E-state index in [0.29, 0.717) is 50.9 Å². The van der Waals surface area contributed by atoms with Crippen LogP contribution in [-0.4, -0.2) is 91.4 Å². The van der Waals surface area contributed by atoms with Crippen LogP contribution in [0.25, 0.3) is 0 Å². The largest absolute Gasteiger partial charge is 0.485 e. The summed E-state index contributed by atoms with van der Waals surface area (Å²) in [6, 6.07) is 6.91. The van der Waals surface area contributed by atoms with Gasteiger partial charge in [-0.3, -0.25) is 19.4 Å². The first-order valence-electron chi connectivity index (χ1n) is 12.6. The van der Waals surface area contributed by atoms with Gasteiger partial charge in [0.15, 0.2) is 6.61 Å². The van der Waals surface area contributed by atoms with Crippen molar-refractivity contribution < 1.29 is 31.9 Å². The zero-order valence-electron chi connectivity index (χ0n) is 20.9. The lowest BCUT2D eigenvalue weighted by molar-refractivity contribution is -0.148. The number of hydrogen-bond donors (Lipinski definition) is 1. The molecule has 1 unspecified atom stereocenters. The number of ether oxygens (including phenoxy) is 1. The van der Waals surface area contributed by atoms with Crippen molar-refractivity contribution in [3.05, 3.63) is 24.3 Å². The number of hydrogen-bond acceptors (Lipinski definition) is 6. The minimum Gasteiger partial charge on any atom is -0.485 e.